The maximum absolute atomic E-state index is 5.93. The smallest absolute Gasteiger partial charge is 0.155 e. The Labute approximate surface area is 139 Å². The van der Waals surface area contributed by atoms with Gasteiger partial charge in [0.2, 0.25) is 0 Å². The van der Waals surface area contributed by atoms with Gasteiger partial charge in [-0.05, 0) is 12.8 Å². The van der Waals surface area contributed by atoms with Gasteiger partial charge >= 0.3 is 0 Å². The molecule has 6 nitrogen and oxygen atoms in total. The molecule has 1 aliphatic rings. The van der Waals surface area contributed by atoms with Crippen LogP contribution < -0.4 is 11.1 Å². The van der Waals surface area contributed by atoms with Gasteiger partial charge in [0, 0.05) is 6.04 Å². The van der Waals surface area contributed by atoms with Crippen LogP contribution >= 0.6 is 23.2 Å². The van der Waals surface area contributed by atoms with E-state index in [0.717, 1.165) is 5.69 Å². The Balaban J connectivity index is 0.000000188. The summed E-state index contributed by atoms with van der Waals surface area (Å²) in [4.78, 5) is 15.1. The van der Waals surface area contributed by atoms with Gasteiger partial charge in [-0.2, -0.15) is 0 Å². The lowest BCUT2D eigenvalue weighted by Crippen LogP contribution is -2.22. The fraction of sp³-hybridized carbons (Fsp3) is 0.429. The summed E-state index contributed by atoms with van der Waals surface area (Å²) in [6, 6.07) is 0.548. The number of anilines is 2. The lowest BCUT2D eigenvalue weighted by Gasteiger charge is -2.23. The van der Waals surface area contributed by atoms with E-state index in [9.17, 15) is 0 Å². The molecule has 0 atom stereocenters. The number of aromatic nitrogens is 4. The molecule has 3 N–H and O–H groups in total. The first kappa shape index (κ1) is 16.7. The Morgan fingerprint density at radius 3 is 2.14 bits per heavy atom. The van der Waals surface area contributed by atoms with Crippen LogP contribution in [-0.4, -0.2) is 26.0 Å². The third kappa shape index (κ3) is 5.27. The number of nitrogens with zero attached hydrogens (tertiary/aromatic N) is 4. The second-order valence-electron chi connectivity index (χ2n) is 4.98. The molecule has 2 heterocycles. The second kappa shape index (κ2) is 8.70. The summed E-state index contributed by atoms with van der Waals surface area (Å²) in [5, 5.41) is 4.22. The van der Waals surface area contributed by atoms with Crippen molar-refractivity contribution in [3.05, 3.63) is 35.4 Å². The Hall–Kier alpha value is -1.66. The third-order valence-electron chi connectivity index (χ3n) is 3.32. The summed E-state index contributed by atoms with van der Waals surface area (Å²) < 4.78 is 0. The summed E-state index contributed by atoms with van der Waals surface area (Å²) in [7, 11) is 0. The van der Waals surface area contributed by atoms with Crippen molar-refractivity contribution in [2.75, 3.05) is 11.1 Å². The summed E-state index contributed by atoms with van der Waals surface area (Å²) in [5.41, 5.74) is 6.54. The van der Waals surface area contributed by atoms with Crippen LogP contribution in [0.15, 0.2) is 25.0 Å². The average molecular weight is 341 g/mol. The van der Waals surface area contributed by atoms with Gasteiger partial charge in [-0.1, -0.05) is 42.5 Å². The maximum atomic E-state index is 5.93. The molecule has 0 spiro atoms. The number of halogens is 2. The standard InChI is InChI=1S/C10H14ClN3.C4H4ClN3/c11-10-9(6-12-7-13-10)14-8-4-2-1-3-5-8;5-4-3(6)1-7-2-8-4/h6-8,14H,1-5H2;1-2H,6H2. The molecule has 3 rings (SSSR count). The predicted octanol–water partition coefficient (Wildman–Crippen LogP) is 3.59. The SMILES string of the molecule is Clc1ncncc1NC1CCCCC1.Nc1cncnc1Cl. The van der Waals surface area contributed by atoms with E-state index in [4.69, 9.17) is 28.9 Å². The summed E-state index contributed by atoms with van der Waals surface area (Å²) >= 11 is 11.4. The van der Waals surface area contributed by atoms with Crippen molar-refractivity contribution in [2.24, 2.45) is 0 Å². The van der Waals surface area contributed by atoms with Crippen LogP contribution in [0.1, 0.15) is 32.1 Å². The zero-order chi connectivity index (χ0) is 15.8. The molecular formula is C14H18Cl2N6. The van der Waals surface area contributed by atoms with Gasteiger partial charge in [-0.15, -0.1) is 0 Å². The first-order chi connectivity index (χ1) is 10.7. The molecule has 1 saturated carbocycles. The van der Waals surface area contributed by atoms with Crippen molar-refractivity contribution in [1.29, 1.82) is 0 Å². The van der Waals surface area contributed by atoms with Crippen LogP contribution in [-0.2, 0) is 0 Å². The Bertz CT molecular complexity index is 568. The predicted molar refractivity (Wildman–Crippen MR) is 89.0 cm³/mol. The summed E-state index contributed by atoms with van der Waals surface area (Å²) in [6.07, 6.45) is 12.4. The molecule has 0 bridgehead atoms. The molecule has 0 aliphatic heterocycles. The Morgan fingerprint density at radius 2 is 1.59 bits per heavy atom. The minimum Gasteiger partial charge on any atom is -0.395 e. The number of hydrogen-bond donors (Lipinski definition) is 2. The fourth-order valence-corrected chi connectivity index (χ4v) is 2.44. The monoisotopic (exact) mass is 340 g/mol. The highest BCUT2D eigenvalue weighted by atomic mass is 35.5. The van der Waals surface area contributed by atoms with E-state index in [-0.39, 0.29) is 0 Å². The maximum Gasteiger partial charge on any atom is 0.155 e. The van der Waals surface area contributed by atoms with E-state index in [0.29, 0.717) is 22.0 Å². The van der Waals surface area contributed by atoms with Gasteiger partial charge in [0.25, 0.3) is 0 Å². The molecule has 0 unspecified atom stereocenters. The van der Waals surface area contributed by atoms with Gasteiger partial charge in [0.05, 0.1) is 23.8 Å². The van der Waals surface area contributed by atoms with E-state index < -0.39 is 0 Å². The lowest BCUT2D eigenvalue weighted by molar-refractivity contribution is 0.462. The van der Waals surface area contributed by atoms with Gasteiger partial charge in [-0.25, -0.2) is 19.9 Å². The molecule has 0 saturated heterocycles. The van der Waals surface area contributed by atoms with Crippen LogP contribution in [0.3, 0.4) is 0 Å². The van der Waals surface area contributed by atoms with Crippen LogP contribution in [0.2, 0.25) is 10.3 Å². The molecule has 0 aromatic carbocycles. The number of hydrogen-bond acceptors (Lipinski definition) is 6. The average Bonchev–Trinajstić information content (AvgIpc) is 2.54. The highest BCUT2D eigenvalue weighted by molar-refractivity contribution is 6.32. The molecule has 1 aliphatic carbocycles. The number of nitrogen functional groups attached to an aromatic ring is 1. The molecule has 2 aromatic rings. The van der Waals surface area contributed by atoms with Crippen molar-refractivity contribution < 1.29 is 0 Å². The van der Waals surface area contributed by atoms with Crippen LogP contribution in [0.25, 0.3) is 0 Å². The van der Waals surface area contributed by atoms with E-state index in [2.05, 4.69) is 25.3 Å². The van der Waals surface area contributed by atoms with Crippen LogP contribution in [0, 0.1) is 0 Å². The van der Waals surface area contributed by atoms with E-state index in [1.54, 1.807) is 6.20 Å². The van der Waals surface area contributed by atoms with Crippen molar-refractivity contribution >= 4 is 34.6 Å². The number of rotatable bonds is 2. The second-order valence-corrected chi connectivity index (χ2v) is 5.69. The highest BCUT2D eigenvalue weighted by Gasteiger charge is 2.14. The molecular weight excluding hydrogens is 323 g/mol. The zero-order valence-electron chi connectivity index (χ0n) is 12.0. The summed E-state index contributed by atoms with van der Waals surface area (Å²) in [5.74, 6) is 0. The largest absolute Gasteiger partial charge is 0.395 e. The fourth-order valence-electron chi connectivity index (χ4n) is 2.20. The first-order valence-electron chi connectivity index (χ1n) is 7.10. The van der Waals surface area contributed by atoms with Crippen molar-refractivity contribution in [2.45, 2.75) is 38.1 Å². The molecule has 8 heteroatoms. The molecule has 22 heavy (non-hydrogen) atoms. The first-order valence-corrected chi connectivity index (χ1v) is 7.85. The zero-order valence-corrected chi connectivity index (χ0v) is 13.6. The number of nitrogens with two attached hydrogens (primary N) is 1. The van der Waals surface area contributed by atoms with Gasteiger partial charge in [0.1, 0.15) is 12.7 Å². The number of nitrogens with one attached hydrogen (secondary N) is 1. The molecule has 0 amide bonds. The summed E-state index contributed by atoms with van der Waals surface area (Å²) in [6.45, 7) is 0. The minimum absolute atomic E-state index is 0.306. The van der Waals surface area contributed by atoms with Crippen molar-refractivity contribution in [3.8, 4) is 0 Å². The van der Waals surface area contributed by atoms with E-state index in [1.807, 2.05) is 0 Å². The van der Waals surface area contributed by atoms with Crippen LogP contribution in [0.5, 0.6) is 0 Å². The van der Waals surface area contributed by atoms with Gasteiger partial charge in [-0.3, -0.25) is 0 Å². The van der Waals surface area contributed by atoms with Crippen LogP contribution in [0.4, 0.5) is 11.4 Å². The van der Waals surface area contributed by atoms with Gasteiger partial charge < -0.3 is 11.1 Å². The Morgan fingerprint density at radius 1 is 0.955 bits per heavy atom. The topological polar surface area (TPSA) is 89.6 Å². The van der Waals surface area contributed by atoms with E-state index >= 15 is 0 Å². The van der Waals surface area contributed by atoms with E-state index in [1.165, 1.54) is 51.0 Å². The Kier molecular flexibility index (Phi) is 6.61. The molecule has 118 valence electrons. The minimum atomic E-state index is 0.306. The van der Waals surface area contributed by atoms with Crippen molar-refractivity contribution in [1.82, 2.24) is 19.9 Å². The van der Waals surface area contributed by atoms with Gasteiger partial charge in [0.15, 0.2) is 10.3 Å². The quantitative estimate of drug-likeness (QED) is 0.812. The molecule has 0 radical (unpaired) electrons. The molecule has 1 fully saturated rings. The third-order valence-corrected chi connectivity index (χ3v) is 3.94. The normalized spacial score (nSPS) is 14.8. The lowest BCUT2D eigenvalue weighted by atomic mass is 9.95. The highest BCUT2D eigenvalue weighted by Crippen LogP contribution is 2.24. The molecule has 2 aromatic heterocycles. The van der Waals surface area contributed by atoms with Crippen molar-refractivity contribution in [3.63, 3.8) is 0 Å².